The second kappa shape index (κ2) is 8.90. The van der Waals surface area contributed by atoms with Crippen LogP contribution in [0.3, 0.4) is 0 Å². The minimum Gasteiger partial charge on any atom is -0.464 e. The molecule has 0 atom stereocenters. The van der Waals surface area contributed by atoms with Crippen LogP contribution in [0.5, 0.6) is 0 Å². The first kappa shape index (κ1) is 22.3. The number of fused-ring (bicyclic) bond motifs is 1. The molecule has 0 radical (unpaired) electrons. The Labute approximate surface area is 192 Å². The highest BCUT2D eigenvalue weighted by Gasteiger charge is 2.25. The summed E-state index contributed by atoms with van der Waals surface area (Å²) in [6.07, 6.45) is 0. The van der Waals surface area contributed by atoms with Crippen molar-refractivity contribution in [2.75, 3.05) is 7.11 Å². The molecule has 6 heteroatoms. The number of methoxy groups -OCH3 is 1. The summed E-state index contributed by atoms with van der Waals surface area (Å²) < 4.78 is 12.3. The fourth-order valence-corrected chi connectivity index (χ4v) is 3.89. The maximum absolute atomic E-state index is 12.9. The molecule has 33 heavy (non-hydrogen) atoms. The van der Waals surface area contributed by atoms with E-state index in [0.29, 0.717) is 5.65 Å². The van der Waals surface area contributed by atoms with Gasteiger partial charge in [0.25, 0.3) is 0 Å². The van der Waals surface area contributed by atoms with E-state index in [1.165, 1.54) is 7.11 Å². The van der Waals surface area contributed by atoms with Gasteiger partial charge in [-0.3, -0.25) is 4.79 Å². The van der Waals surface area contributed by atoms with Crippen LogP contribution in [0.25, 0.3) is 33.4 Å². The summed E-state index contributed by atoms with van der Waals surface area (Å²) in [5, 5.41) is 0.830. The van der Waals surface area contributed by atoms with Gasteiger partial charge in [0.15, 0.2) is 5.69 Å². The van der Waals surface area contributed by atoms with Gasteiger partial charge in [0.05, 0.1) is 12.8 Å². The zero-order valence-corrected chi connectivity index (χ0v) is 19.2. The number of benzene rings is 2. The lowest BCUT2D eigenvalue weighted by atomic mass is 9.99. The molecule has 0 spiro atoms. The SMILES string of the molecule is COC(=O)c1ccc2c(-c3ccccc3)c(-c3ccccc3)n(CC(=O)OC(C)(C)C)c2n1. The number of pyridine rings is 1. The predicted molar refractivity (Wildman–Crippen MR) is 128 cm³/mol. The number of nitrogens with zero attached hydrogens (tertiary/aromatic N) is 2. The summed E-state index contributed by atoms with van der Waals surface area (Å²) in [7, 11) is 1.32. The maximum Gasteiger partial charge on any atom is 0.356 e. The molecule has 0 aliphatic rings. The summed E-state index contributed by atoms with van der Waals surface area (Å²) in [5.74, 6) is -0.925. The lowest BCUT2D eigenvalue weighted by molar-refractivity contribution is -0.155. The Balaban J connectivity index is 2.04. The Morgan fingerprint density at radius 3 is 2.06 bits per heavy atom. The Bertz CT molecular complexity index is 1300. The van der Waals surface area contributed by atoms with Gasteiger partial charge in [0, 0.05) is 10.9 Å². The van der Waals surface area contributed by atoms with Crippen LogP contribution in [-0.4, -0.2) is 34.2 Å². The Morgan fingerprint density at radius 1 is 0.879 bits per heavy atom. The first-order valence-corrected chi connectivity index (χ1v) is 10.7. The van der Waals surface area contributed by atoms with E-state index in [1.807, 2.05) is 92.1 Å². The van der Waals surface area contributed by atoms with Gasteiger partial charge >= 0.3 is 11.9 Å². The van der Waals surface area contributed by atoms with Gasteiger partial charge in [-0.15, -0.1) is 0 Å². The molecule has 2 aromatic carbocycles. The van der Waals surface area contributed by atoms with E-state index in [4.69, 9.17) is 9.47 Å². The first-order chi connectivity index (χ1) is 15.8. The molecule has 0 N–H and O–H groups in total. The van der Waals surface area contributed by atoms with E-state index in [1.54, 1.807) is 6.07 Å². The quantitative estimate of drug-likeness (QED) is 0.382. The molecule has 6 nitrogen and oxygen atoms in total. The average Bonchev–Trinajstić information content (AvgIpc) is 3.11. The fraction of sp³-hybridized carbons (Fsp3) is 0.222. The van der Waals surface area contributed by atoms with Crippen LogP contribution in [0, 0.1) is 0 Å². The van der Waals surface area contributed by atoms with Crippen LogP contribution in [0.15, 0.2) is 72.8 Å². The van der Waals surface area contributed by atoms with Crippen LogP contribution in [0.2, 0.25) is 0 Å². The predicted octanol–water partition coefficient (Wildman–Crippen LogP) is 5.50. The van der Waals surface area contributed by atoms with E-state index in [2.05, 4.69) is 4.98 Å². The molecule has 0 aliphatic carbocycles. The third kappa shape index (κ3) is 4.65. The van der Waals surface area contributed by atoms with E-state index in [9.17, 15) is 9.59 Å². The lowest BCUT2D eigenvalue weighted by Gasteiger charge is -2.20. The molecule has 0 bridgehead atoms. The van der Waals surface area contributed by atoms with Gasteiger partial charge in [-0.1, -0.05) is 60.7 Å². The number of esters is 2. The Morgan fingerprint density at radius 2 is 1.48 bits per heavy atom. The zero-order valence-electron chi connectivity index (χ0n) is 19.2. The van der Waals surface area contributed by atoms with Crippen molar-refractivity contribution >= 4 is 23.0 Å². The first-order valence-electron chi connectivity index (χ1n) is 10.7. The van der Waals surface area contributed by atoms with Crippen molar-refractivity contribution in [3.8, 4) is 22.4 Å². The summed E-state index contributed by atoms with van der Waals surface area (Å²) in [6.45, 7) is 5.45. The number of carbonyl (C=O) groups is 2. The van der Waals surface area contributed by atoms with E-state index in [0.717, 1.165) is 27.8 Å². The monoisotopic (exact) mass is 442 g/mol. The fourth-order valence-electron chi connectivity index (χ4n) is 3.89. The standard InChI is InChI=1S/C27H26N2O4/c1-27(2,3)33-22(30)17-29-24(19-13-9-6-10-14-19)23(18-11-7-5-8-12-18)20-15-16-21(26(31)32-4)28-25(20)29/h5-16H,17H2,1-4H3. The van der Waals surface area contributed by atoms with Crippen molar-refractivity contribution in [3.05, 3.63) is 78.5 Å². The normalized spacial score (nSPS) is 11.4. The minimum atomic E-state index is -0.625. The van der Waals surface area contributed by atoms with Gasteiger partial charge in [-0.05, 0) is 44.0 Å². The number of aromatic nitrogens is 2. The maximum atomic E-state index is 12.9. The largest absolute Gasteiger partial charge is 0.464 e. The molecule has 168 valence electrons. The topological polar surface area (TPSA) is 70.4 Å². The number of hydrogen-bond acceptors (Lipinski definition) is 5. The van der Waals surface area contributed by atoms with E-state index < -0.39 is 11.6 Å². The van der Waals surface area contributed by atoms with E-state index in [-0.39, 0.29) is 18.2 Å². The molecule has 0 fully saturated rings. The van der Waals surface area contributed by atoms with Crippen molar-refractivity contribution < 1.29 is 19.1 Å². The summed E-state index contributed by atoms with van der Waals surface area (Å²) >= 11 is 0. The third-order valence-corrected chi connectivity index (χ3v) is 5.12. The third-order valence-electron chi connectivity index (χ3n) is 5.12. The smallest absolute Gasteiger partial charge is 0.356 e. The summed E-state index contributed by atoms with van der Waals surface area (Å²) in [6, 6.07) is 23.3. The number of rotatable bonds is 5. The van der Waals surface area contributed by atoms with Gasteiger partial charge in [-0.25, -0.2) is 9.78 Å². The van der Waals surface area contributed by atoms with Crippen LogP contribution in [-0.2, 0) is 20.8 Å². The van der Waals surface area contributed by atoms with E-state index >= 15 is 0 Å². The Kier molecular flexibility index (Phi) is 6.01. The summed E-state index contributed by atoms with van der Waals surface area (Å²) in [5.41, 5.74) is 3.74. The van der Waals surface area contributed by atoms with Crippen molar-refractivity contribution in [2.45, 2.75) is 32.9 Å². The summed E-state index contributed by atoms with van der Waals surface area (Å²) in [4.78, 5) is 29.7. The highest BCUT2D eigenvalue weighted by molar-refractivity contribution is 6.05. The molecule has 0 unspecified atom stereocenters. The second-order valence-corrected chi connectivity index (χ2v) is 8.69. The lowest BCUT2D eigenvalue weighted by Crippen LogP contribution is -2.26. The second-order valence-electron chi connectivity index (χ2n) is 8.69. The van der Waals surface area contributed by atoms with Crippen molar-refractivity contribution in [1.29, 1.82) is 0 Å². The van der Waals surface area contributed by atoms with Crippen molar-refractivity contribution in [3.63, 3.8) is 0 Å². The molecule has 4 rings (SSSR count). The van der Waals surface area contributed by atoms with Crippen LogP contribution in [0.4, 0.5) is 0 Å². The molecule has 2 aromatic heterocycles. The molecule has 2 heterocycles. The highest BCUT2D eigenvalue weighted by atomic mass is 16.6. The molecular weight excluding hydrogens is 416 g/mol. The molecule has 4 aromatic rings. The molecule has 0 amide bonds. The van der Waals surface area contributed by atoms with Crippen molar-refractivity contribution in [2.24, 2.45) is 0 Å². The number of hydrogen-bond donors (Lipinski definition) is 0. The van der Waals surface area contributed by atoms with Crippen LogP contribution < -0.4 is 0 Å². The number of ether oxygens (including phenoxy) is 2. The van der Waals surface area contributed by atoms with Crippen molar-refractivity contribution in [1.82, 2.24) is 9.55 Å². The molecule has 0 saturated heterocycles. The van der Waals surface area contributed by atoms with Crippen LogP contribution in [0.1, 0.15) is 31.3 Å². The molecule has 0 saturated carbocycles. The zero-order chi connectivity index (χ0) is 23.6. The molecular formula is C27H26N2O4. The van der Waals surface area contributed by atoms with Gasteiger partial charge in [0.2, 0.25) is 0 Å². The Hall–Kier alpha value is -3.93. The molecule has 0 aliphatic heterocycles. The number of carbonyl (C=O) groups excluding carboxylic acids is 2. The average molecular weight is 443 g/mol. The van der Waals surface area contributed by atoms with Gasteiger partial charge in [-0.2, -0.15) is 0 Å². The highest BCUT2D eigenvalue weighted by Crippen LogP contribution is 2.40. The van der Waals surface area contributed by atoms with Crippen LogP contribution >= 0.6 is 0 Å². The minimum absolute atomic E-state index is 0.0531. The van der Waals surface area contributed by atoms with Gasteiger partial charge < -0.3 is 14.0 Å². The van der Waals surface area contributed by atoms with Gasteiger partial charge in [0.1, 0.15) is 17.8 Å².